The Kier molecular flexibility index (Phi) is 3.54. The van der Waals surface area contributed by atoms with Crippen LogP contribution in [-0.2, 0) is 6.54 Å². The SMILES string of the molecule is Cc1ccc(CNC(=O)c2nc(C)cs2)cc1. The van der Waals surface area contributed by atoms with Gasteiger partial charge in [0, 0.05) is 17.6 Å². The fraction of sp³-hybridized carbons (Fsp3) is 0.231. The molecule has 88 valence electrons. The number of amides is 1. The van der Waals surface area contributed by atoms with Crippen molar-refractivity contribution >= 4 is 17.2 Å². The zero-order chi connectivity index (χ0) is 12.3. The lowest BCUT2D eigenvalue weighted by atomic mass is 10.1. The number of nitrogens with one attached hydrogen (secondary N) is 1. The van der Waals surface area contributed by atoms with Gasteiger partial charge in [0.2, 0.25) is 0 Å². The number of nitrogens with zero attached hydrogens (tertiary/aromatic N) is 1. The van der Waals surface area contributed by atoms with Crippen LogP contribution < -0.4 is 5.32 Å². The summed E-state index contributed by atoms with van der Waals surface area (Å²) in [5.74, 6) is -0.108. The summed E-state index contributed by atoms with van der Waals surface area (Å²) < 4.78 is 0. The van der Waals surface area contributed by atoms with E-state index in [1.54, 1.807) is 0 Å². The number of benzene rings is 1. The number of hydrogen-bond acceptors (Lipinski definition) is 3. The van der Waals surface area contributed by atoms with Crippen LogP contribution >= 0.6 is 11.3 Å². The molecule has 1 heterocycles. The van der Waals surface area contributed by atoms with Crippen LogP contribution in [0.4, 0.5) is 0 Å². The molecule has 0 saturated carbocycles. The van der Waals surface area contributed by atoms with Crippen LogP contribution in [0.3, 0.4) is 0 Å². The molecule has 0 fully saturated rings. The lowest BCUT2D eigenvalue weighted by Gasteiger charge is -2.03. The van der Waals surface area contributed by atoms with Crippen molar-refractivity contribution in [3.63, 3.8) is 0 Å². The molecule has 2 aromatic rings. The number of carbonyl (C=O) groups is 1. The fourth-order valence-corrected chi connectivity index (χ4v) is 2.13. The molecule has 0 atom stereocenters. The van der Waals surface area contributed by atoms with E-state index in [-0.39, 0.29) is 5.91 Å². The molecular weight excluding hydrogens is 232 g/mol. The second-order valence-electron chi connectivity index (χ2n) is 3.96. The van der Waals surface area contributed by atoms with E-state index in [2.05, 4.69) is 10.3 Å². The Hall–Kier alpha value is -1.68. The lowest BCUT2D eigenvalue weighted by molar-refractivity contribution is 0.0950. The highest BCUT2D eigenvalue weighted by Gasteiger charge is 2.08. The first-order valence-corrected chi connectivity index (χ1v) is 6.29. The van der Waals surface area contributed by atoms with Gasteiger partial charge in [-0.15, -0.1) is 11.3 Å². The van der Waals surface area contributed by atoms with Gasteiger partial charge in [0.05, 0.1) is 0 Å². The largest absolute Gasteiger partial charge is 0.346 e. The van der Waals surface area contributed by atoms with E-state index in [0.29, 0.717) is 11.6 Å². The first-order chi connectivity index (χ1) is 8.15. The van der Waals surface area contributed by atoms with Gasteiger partial charge >= 0.3 is 0 Å². The molecule has 17 heavy (non-hydrogen) atoms. The molecular formula is C13H14N2OS. The number of thiazole rings is 1. The van der Waals surface area contributed by atoms with Gasteiger partial charge in [0.1, 0.15) is 0 Å². The molecule has 0 spiro atoms. The normalized spacial score (nSPS) is 10.2. The maximum atomic E-state index is 11.7. The summed E-state index contributed by atoms with van der Waals surface area (Å²) >= 11 is 1.37. The summed E-state index contributed by atoms with van der Waals surface area (Å²) in [6, 6.07) is 8.11. The third kappa shape index (κ3) is 3.14. The summed E-state index contributed by atoms with van der Waals surface area (Å²) in [6.45, 7) is 4.46. The van der Waals surface area contributed by atoms with Gasteiger partial charge in [0.15, 0.2) is 5.01 Å². The summed E-state index contributed by atoms with van der Waals surface area (Å²) in [7, 11) is 0. The zero-order valence-electron chi connectivity index (χ0n) is 9.86. The van der Waals surface area contributed by atoms with Crippen molar-refractivity contribution < 1.29 is 4.79 Å². The quantitative estimate of drug-likeness (QED) is 0.904. The van der Waals surface area contributed by atoms with Crippen LogP contribution in [0.1, 0.15) is 26.6 Å². The van der Waals surface area contributed by atoms with E-state index in [4.69, 9.17) is 0 Å². The van der Waals surface area contributed by atoms with Crippen LogP contribution in [0, 0.1) is 13.8 Å². The molecule has 0 aliphatic carbocycles. The number of hydrogen-bond donors (Lipinski definition) is 1. The van der Waals surface area contributed by atoms with Gasteiger partial charge in [-0.1, -0.05) is 29.8 Å². The van der Waals surface area contributed by atoms with Crippen molar-refractivity contribution in [2.75, 3.05) is 0 Å². The molecule has 0 saturated heterocycles. The Bertz CT molecular complexity index is 516. The second-order valence-corrected chi connectivity index (χ2v) is 4.82. The van der Waals surface area contributed by atoms with Crippen molar-refractivity contribution in [3.8, 4) is 0 Å². The van der Waals surface area contributed by atoms with Gasteiger partial charge in [0.25, 0.3) is 5.91 Å². The molecule has 1 aromatic carbocycles. The predicted molar refractivity (Wildman–Crippen MR) is 69.2 cm³/mol. The van der Waals surface area contributed by atoms with Crippen LogP contribution in [0.2, 0.25) is 0 Å². The third-order valence-electron chi connectivity index (χ3n) is 2.39. The Morgan fingerprint density at radius 2 is 2.00 bits per heavy atom. The van der Waals surface area contributed by atoms with Crippen molar-refractivity contribution in [2.24, 2.45) is 0 Å². The average Bonchev–Trinajstić information content (AvgIpc) is 2.75. The van der Waals surface area contributed by atoms with E-state index in [9.17, 15) is 4.79 Å². The van der Waals surface area contributed by atoms with Gasteiger partial charge < -0.3 is 5.32 Å². The minimum absolute atomic E-state index is 0.108. The van der Waals surface area contributed by atoms with Crippen LogP contribution in [-0.4, -0.2) is 10.9 Å². The lowest BCUT2D eigenvalue weighted by Crippen LogP contribution is -2.22. The predicted octanol–water partition coefficient (Wildman–Crippen LogP) is 2.69. The standard InChI is InChI=1S/C13H14N2OS/c1-9-3-5-11(6-4-9)7-14-12(16)13-15-10(2)8-17-13/h3-6,8H,7H2,1-2H3,(H,14,16). The van der Waals surface area contributed by atoms with Crippen LogP contribution in [0.25, 0.3) is 0 Å². The van der Waals surface area contributed by atoms with Crippen molar-refractivity contribution in [2.45, 2.75) is 20.4 Å². The molecule has 0 unspecified atom stereocenters. The third-order valence-corrected chi connectivity index (χ3v) is 3.35. The maximum Gasteiger partial charge on any atom is 0.280 e. The molecule has 0 aliphatic heterocycles. The van der Waals surface area contributed by atoms with Crippen LogP contribution in [0.15, 0.2) is 29.6 Å². The summed E-state index contributed by atoms with van der Waals surface area (Å²) in [6.07, 6.45) is 0. The summed E-state index contributed by atoms with van der Waals surface area (Å²) in [5, 5.41) is 5.26. The molecule has 1 aromatic heterocycles. The number of aryl methyl sites for hydroxylation is 2. The minimum atomic E-state index is -0.108. The van der Waals surface area contributed by atoms with Gasteiger partial charge in [-0.05, 0) is 19.4 Å². The fourth-order valence-electron chi connectivity index (χ4n) is 1.42. The highest BCUT2D eigenvalue weighted by atomic mass is 32.1. The molecule has 4 heteroatoms. The Labute approximate surface area is 105 Å². The van der Waals surface area contributed by atoms with E-state index >= 15 is 0 Å². The van der Waals surface area contributed by atoms with Gasteiger partial charge in [-0.25, -0.2) is 4.98 Å². The Balaban J connectivity index is 1.94. The highest BCUT2D eigenvalue weighted by Crippen LogP contribution is 2.09. The van der Waals surface area contributed by atoms with Gasteiger partial charge in [-0.2, -0.15) is 0 Å². The summed E-state index contributed by atoms with van der Waals surface area (Å²) in [5.41, 5.74) is 3.20. The number of aromatic nitrogens is 1. The van der Waals surface area contributed by atoms with E-state index in [0.717, 1.165) is 11.3 Å². The average molecular weight is 246 g/mol. The van der Waals surface area contributed by atoms with Crippen molar-refractivity contribution in [1.82, 2.24) is 10.3 Å². The van der Waals surface area contributed by atoms with Crippen LogP contribution in [0.5, 0.6) is 0 Å². The molecule has 1 N–H and O–H groups in total. The monoisotopic (exact) mass is 246 g/mol. The zero-order valence-corrected chi connectivity index (χ0v) is 10.7. The molecule has 0 bridgehead atoms. The smallest absolute Gasteiger partial charge is 0.280 e. The Morgan fingerprint density at radius 3 is 2.59 bits per heavy atom. The number of carbonyl (C=O) groups excluding carboxylic acids is 1. The topological polar surface area (TPSA) is 42.0 Å². The van der Waals surface area contributed by atoms with E-state index < -0.39 is 0 Å². The van der Waals surface area contributed by atoms with E-state index in [1.807, 2.05) is 43.5 Å². The molecule has 0 radical (unpaired) electrons. The molecule has 0 aliphatic rings. The highest BCUT2D eigenvalue weighted by molar-refractivity contribution is 7.11. The first kappa shape index (κ1) is 11.8. The molecule has 2 rings (SSSR count). The van der Waals surface area contributed by atoms with Gasteiger partial charge in [-0.3, -0.25) is 4.79 Å². The first-order valence-electron chi connectivity index (χ1n) is 5.41. The maximum absolute atomic E-state index is 11.7. The van der Waals surface area contributed by atoms with Crippen molar-refractivity contribution in [1.29, 1.82) is 0 Å². The summed E-state index contributed by atoms with van der Waals surface area (Å²) in [4.78, 5) is 15.9. The minimum Gasteiger partial charge on any atom is -0.346 e. The Morgan fingerprint density at radius 1 is 1.29 bits per heavy atom. The molecule has 3 nitrogen and oxygen atoms in total. The van der Waals surface area contributed by atoms with E-state index in [1.165, 1.54) is 16.9 Å². The molecule has 1 amide bonds. The van der Waals surface area contributed by atoms with Crippen molar-refractivity contribution in [3.05, 3.63) is 51.5 Å². The number of rotatable bonds is 3. The second kappa shape index (κ2) is 5.10.